The minimum atomic E-state index is -1.09. The first-order valence-corrected chi connectivity index (χ1v) is 8.37. The molecule has 0 aliphatic rings. The number of para-hydroxylation sites is 1. The highest BCUT2D eigenvalue weighted by molar-refractivity contribution is 5.96. The number of carbonyl (C=O) groups excluding carboxylic acids is 2. The topological polar surface area (TPSA) is 64.6 Å². The van der Waals surface area contributed by atoms with Crippen LogP contribution in [0.5, 0.6) is 0 Å². The summed E-state index contributed by atoms with van der Waals surface area (Å²) < 4.78 is 10.3. The second-order valence-corrected chi connectivity index (χ2v) is 5.38. The highest BCUT2D eigenvalue weighted by atomic mass is 16.6. The van der Waals surface area contributed by atoms with Gasteiger partial charge in [-0.15, -0.1) is 0 Å². The molecular formula is C20H23NO4. The summed E-state index contributed by atoms with van der Waals surface area (Å²) in [6, 6.07) is 18.2. The first-order chi connectivity index (χ1) is 12.2. The van der Waals surface area contributed by atoms with Crippen molar-refractivity contribution < 1.29 is 19.1 Å². The highest BCUT2D eigenvalue weighted by Gasteiger charge is 2.38. The average molecular weight is 341 g/mol. The molecule has 2 rings (SSSR count). The minimum absolute atomic E-state index is 0.196. The van der Waals surface area contributed by atoms with Crippen LogP contribution >= 0.6 is 0 Å². The van der Waals surface area contributed by atoms with Crippen molar-refractivity contribution in [3.8, 4) is 0 Å². The van der Waals surface area contributed by atoms with Crippen molar-refractivity contribution >= 4 is 17.6 Å². The van der Waals surface area contributed by atoms with Crippen molar-refractivity contribution in [2.45, 2.75) is 19.9 Å². The number of hydrogen-bond donors (Lipinski definition) is 1. The summed E-state index contributed by atoms with van der Waals surface area (Å²) in [4.78, 5) is 25.0. The van der Waals surface area contributed by atoms with E-state index in [2.05, 4.69) is 5.32 Å². The maximum atomic E-state index is 12.5. The molecule has 132 valence electrons. The number of esters is 2. The van der Waals surface area contributed by atoms with E-state index in [0.717, 1.165) is 11.3 Å². The van der Waals surface area contributed by atoms with Gasteiger partial charge in [0.15, 0.2) is 5.92 Å². The number of ether oxygens (including phenoxy) is 2. The molecule has 5 nitrogen and oxygen atoms in total. The van der Waals surface area contributed by atoms with Gasteiger partial charge in [0.1, 0.15) is 0 Å². The molecule has 0 fully saturated rings. The Kier molecular flexibility index (Phi) is 7.01. The fourth-order valence-electron chi connectivity index (χ4n) is 2.57. The van der Waals surface area contributed by atoms with Gasteiger partial charge < -0.3 is 14.8 Å². The maximum absolute atomic E-state index is 12.5. The lowest BCUT2D eigenvalue weighted by Crippen LogP contribution is -2.36. The summed E-state index contributed by atoms with van der Waals surface area (Å²) in [5.41, 5.74) is 1.60. The van der Waals surface area contributed by atoms with E-state index in [4.69, 9.17) is 9.47 Å². The van der Waals surface area contributed by atoms with Crippen LogP contribution in [0.1, 0.15) is 25.5 Å². The molecule has 1 N–H and O–H groups in total. The normalized spacial score (nSPS) is 11.6. The molecule has 0 saturated heterocycles. The lowest BCUT2D eigenvalue weighted by Gasteiger charge is -2.26. The van der Waals surface area contributed by atoms with Gasteiger partial charge in [0.05, 0.1) is 19.3 Å². The van der Waals surface area contributed by atoms with E-state index in [-0.39, 0.29) is 13.2 Å². The van der Waals surface area contributed by atoms with E-state index in [1.54, 1.807) is 13.8 Å². The molecule has 0 bridgehead atoms. The van der Waals surface area contributed by atoms with Gasteiger partial charge in [0, 0.05) is 5.69 Å². The molecule has 0 spiro atoms. The third-order valence-corrected chi connectivity index (χ3v) is 3.67. The van der Waals surface area contributed by atoms with Crippen LogP contribution in [0.25, 0.3) is 0 Å². The van der Waals surface area contributed by atoms with Crippen LogP contribution in [-0.4, -0.2) is 25.2 Å². The minimum Gasteiger partial charge on any atom is -0.465 e. The van der Waals surface area contributed by atoms with Crippen LogP contribution in [0.4, 0.5) is 5.69 Å². The zero-order valence-electron chi connectivity index (χ0n) is 14.5. The fourth-order valence-corrected chi connectivity index (χ4v) is 2.57. The Morgan fingerprint density at radius 3 is 1.80 bits per heavy atom. The monoisotopic (exact) mass is 341 g/mol. The molecule has 0 amide bonds. The summed E-state index contributed by atoms with van der Waals surface area (Å²) in [7, 11) is 0. The van der Waals surface area contributed by atoms with E-state index in [0.29, 0.717) is 0 Å². The Balaban J connectivity index is 2.41. The van der Waals surface area contributed by atoms with Crippen molar-refractivity contribution in [3.05, 3.63) is 66.2 Å². The molecule has 0 aromatic heterocycles. The summed E-state index contributed by atoms with van der Waals surface area (Å²) in [5, 5.41) is 3.27. The van der Waals surface area contributed by atoms with Gasteiger partial charge in [-0.3, -0.25) is 9.59 Å². The quantitative estimate of drug-likeness (QED) is 0.587. The Morgan fingerprint density at radius 1 is 0.840 bits per heavy atom. The summed E-state index contributed by atoms with van der Waals surface area (Å²) >= 11 is 0. The lowest BCUT2D eigenvalue weighted by atomic mass is 9.92. The Hall–Kier alpha value is -2.82. The van der Waals surface area contributed by atoms with Gasteiger partial charge in [-0.1, -0.05) is 48.5 Å². The molecule has 0 heterocycles. The van der Waals surface area contributed by atoms with E-state index in [1.165, 1.54) is 0 Å². The van der Waals surface area contributed by atoms with Crippen molar-refractivity contribution in [2.24, 2.45) is 5.92 Å². The van der Waals surface area contributed by atoms with Crippen LogP contribution < -0.4 is 5.32 Å². The molecule has 0 saturated carbocycles. The molecule has 2 aromatic rings. The van der Waals surface area contributed by atoms with Crippen LogP contribution in [0, 0.1) is 5.92 Å². The molecule has 1 atom stereocenters. The largest absolute Gasteiger partial charge is 0.465 e. The predicted molar refractivity (Wildman–Crippen MR) is 96.0 cm³/mol. The number of hydrogen-bond acceptors (Lipinski definition) is 5. The van der Waals surface area contributed by atoms with Gasteiger partial charge in [-0.25, -0.2) is 0 Å². The fraction of sp³-hybridized carbons (Fsp3) is 0.300. The maximum Gasteiger partial charge on any atom is 0.322 e. The molecule has 0 aliphatic heterocycles. The van der Waals surface area contributed by atoms with Gasteiger partial charge in [-0.2, -0.15) is 0 Å². The zero-order valence-corrected chi connectivity index (χ0v) is 14.5. The number of benzene rings is 2. The predicted octanol–water partition coefficient (Wildman–Crippen LogP) is 3.58. The first-order valence-electron chi connectivity index (χ1n) is 8.37. The van der Waals surface area contributed by atoms with Crippen LogP contribution in [-0.2, 0) is 19.1 Å². The zero-order chi connectivity index (χ0) is 18.1. The van der Waals surface area contributed by atoms with Gasteiger partial charge in [0.2, 0.25) is 0 Å². The van der Waals surface area contributed by atoms with Crippen molar-refractivity contribution in [3.63, 3.8) is 0 Å². The summed E-state index contributed by atoms with van der Waals surface area (Å²) in [6.45, 7) is 3.81. The smallest absolute Gasteiger partial charge is 0.322 e. The van der Waals surface area contributed by atoms with Crippen LogP contribution in [0.15, 0.2) is 60.7 Å². The number of rotatable bonds is 8. The summed E-state index contributed by atoms with van der Waals surface area (Å²) in [5.74, 6) is -2.29. The second kappa shape index (κ2) is 9.47. The highest BCUT2D eigenvalue weighted by Crippen LogP contribution is 2.29. The van der Waals surface area contributed by atoms with Gasteiger partial charge >= 0.3 is 11.9 Å². The first kappa shape index (κ1) is 18.5. The molecular weight excluding hydrogens is 318 g/mol. The van der Waals surface area contributed by atoms with E-state index in [9.17, 15) is 9.59 Å². The van der Waals surface area contributed by atoms with Crippen LogP contribution in [0.2, 0.25) is 0 Å². The molecule has 5 heteroatoms. The Bertz CT molecular complexity index is 655. The van der Waals surface area contributed by atoms with Gasteiger partial charge in [0.25, 0.3) is 0 Å². The SMILES string of the molecule is CCOC(=O)C(C(=O)OCC)[C@@H](Nc1ccccc1)c1ccccc1. The van der Waals surface area contributed by atoms with E-state index < -0.39 is 23.9 Å². The second-order valence-electron chi connectivity index (χ2n) is 5.38. The summed E-state index contributed by atoms with van der Waals surface area (Å²) in [6.07, 6.45) is 0. The third kappa shape index (κ3) is 5.08. The Morgan fingerprint density at radius 2 is 1.32 bits per heavy atom. The van der Waals surface area contributed by atoms with Gasteiger partial charge in [-0.05, 0) is 31.5 Å². The molecule has 0 unspecified atom stereocenters. The van der Waals surface area contributed by atoms with E-state index >= 15 is 0 Å². The molecule has 0 radical (unpaired) electrons. The third-order valence-electron chi connectivity index (χ3n) is 3.67. The molecule has 25 heavy (non-hydrogen) atoms. The molecule has 0 aliphatic carbocycles. The van der Waals surface area contributed by atoms with Crippen LogP contribution in [0.3, 0.4) is 0 Å². The van der Waals surface area contributed by atoms with Crippen molar-refractivity contribution in [2.75, 3.05) is 18.5 Å². The number of anilines is 1. The number of carbonyl (C=O) groups is 2. The van der Waals surface area contributed by atoms with Crippen molar-refractivity contribution in [1.82, 2.24) is 0 Å². The van der Waals surface area contributed by atoms with Crippen molar-refractivity contribution in [1.29, 1.82) is 0 Å². The number of nitrogens with one attached hydrogen (secondary N) is 1. The standard InChI is InChI=1S/C20H23NO4/c1-3-24-19(22)17(20(23)25-4-2)18(15-11-7-5-8-12-15)21-16-13-9-6-10-14-16/h5-14,17-18,21H,3-4H2,1-2H3/t18-/m0/s1. The average Bonchev–Trinajstić information content (AvgIpc) is 2.63. The molecule has 2 aromatic carbocycles. The van der Waals surface area contributed by atoms with E-state index in [1.807, 2.05) is 60.7 Å². The lowest BCUT2D eigenvalue weighted by molar-refractivity contribution is -0.162. The Labute approximate surface area is 148 Å².